The van der Waals surface area contributed by atoms with Gasteiger partial charge in [-0.1, -0.05) is 12.1 Å². The van der Waals surface area contributed by atoms with Gasteiger partial charge in [0.2, 0.25) is 0 Å². The predicted molar refractivity (Wildman–Crippen MR) is 78.7 cm³/mol. The second-order valence-corrected chi connectivity index (χ2v) is 5.47. The van der Waals surface area contributed by atoms with E-state index in [4.69, 9.17) is 0 Å². The van der Waals surface area contributed by atoms with Gasteiger partial charge in [0.1, 0.15) is 10.7 Å². The van der Waals surface area contributed by atoms with Crippen molar-refractivity contribution in [3.63, 3.8) is 0 Å². The van der Waals surface area contributed by atoms with Crippen molar-refractivity contribution in [1.29, 1.82) is 0 Å². The lowest BCUT2D eigenvalue weighted by atomic mass is 10.3. The summed E-state index contributed by atoms with van der Waals surface area (Å²) in [5, 5.41) is 0.713. The Hall–Kier alpha value is -2.34. The van der Waals surface area contributed by atoms with E-state index in [1.807, 2.05) is 24.3 Å². The number of nitrogens with zero attached hydrogens (tertiary/aromatic N) is 4. The van der Waals surface area contributed by atoms with Gasteiger partial charge in [-0.05, 0) is 12.1 Å². The average molecular weight is 284 g/mol. The van der Waals surface area contributed by atoms with Gasteiger partial charge in [-0.15, -0.1) is 11.3 Å². The van der Waals surface area contributed by atoms with Gasteiger partial charge >= 0.3 is 0 Å². The van der Waals surface area contributed by atoms with Crippen molar-refractivity contribution in [1.82, 2.24) is 19.9 Å². The fraction of sp³-hybridized carbons (Fsp3) is 0.143. The molecule has 0 bridgehead atoms. The largest absolute Gasteiger partial charge is 0.343 e. The van der Waals surface area contributed by atoms with Gasteiger partial charge in [0.05, 0.1) is 10.2 Å². The Balaban J connectivity index is 2.16. The Morgan fingerprint density at radius 1 is 1.15 bits per heavy atom. The van der Waals surface area contributed by atoms with Gasteiger partial charge < -0.3 is 4.90 Å². The number of para-hydroxylation sites is 1. The molecule has 0 unspecified atom stereocenters. The van der Waals surface area contributed by atoms with Gasteiger partial charge in [-0.25, -0.2) is 15.0 Å². The van der Waals surface area contributed by atoms with Crippen molar-refractivity contribution in [2.75, 3.05) is 14.1 Å². The molecule has 0 N–H and O–H groups in total. The number of benzene rings is 1. The van der Waals surface area contributed by atoms with Gasteiger partial charge in [0.25, 0.3) is 5.91 Å². The third kappa shape index (κ3) is 2.14. The van der Waals surface area contributed by atoms with Crippen LogP contribution in [-0.2, 0) is 0 Å². The summed E-state index contributed by atoms with van der Waals surface area (Å²) in [5.41, 5.74) is 1.77. The van der Waals surface area contributed by atoms with Crippen molar-refractivity contribution in [2.45, 2.75) is 0 Å². The fourth-order valence-electron chi connectivity index (χ4n) is 1.84. The molecular weight excluding hydrogens is 272 g/mol. The molecule has 0 fully saturated rings. The van der Waals surface area contributed by atoms with Crippen LogP contribution < -0.4 is 0 Å². The van der Waals surface area contributed by atoms with Crippen LogP contribution in [0, 0.1) is 0 Å². The highest BCUT2D eigenvalue weighted by Crippen LogP contribution is 2.30. The molecule has 20 heavy (non-hydrogen) atoms. The normalized spacial score (nSPS) is 10.7. The number of hydrogen-bond acceptors (Lipinski definition) is 5. The van der Waals surface area contributed by atoms with E-state index in [1.54, 1.807) is 20.3 Å². The van der Waals surface area contributed by atoms with E-state index in [1.165, 1.54) is 22.4 Å². The zero-order valence-corrected chi connectivity index (χ0v) is 11.9. The van der Waals surface area contributed by atoms with Crippen molar-refractivity contribution < 1.29 is 4.79 Å². The molecule has 0 aliphatic carbocycles. The van der Waals surface area contributed by atoms with Gasteiger partial charge in [0.15, 0.2) is 5.69 Å². The van der Waals surface area contributed by atoms with Crippen LogP contribution in [0.5, 0.6) is 0 Å². The molecule has 1 aromatic carbocycles. The summed E-state index contributed by atoms with van der Waals surface area (Å²) in [6, 6.07) is 7.85. The van der Waals surface area contributed by atoms with Crippen LogP contribution in [-0.4, -0.2) is 39.9 Å². The summed E-state index contributed by atoms with van der Waals surface area (Å²) < 4.78 is 1.07. The number of aromatic nitrogens is 3. The average Bonchev–Trinajstić information content (AvgIpc) is 2.90. The number of carbonyl (C=O) groups excluding carboxylic acids is 1. The predicted octanol–water partition coefficient (Wildman–Crippen LogP) is 2.46. The van der Waals surface area contributed by atoms with Crippen LogP contribution in [0.3, 0.4) is 0 Å². The molecule has 0 spiro atoms. The standard InChI is InChI=1S/C14H12N4OS/c1-18(2)14(19)12-11(15-7-8-16-12)13-17-9-5-3-4-6-10(9)20-13/h3-8H,1-2H3. The fourth-order valence-corrected chi connectivity index (χ4v) is 2.80. The number of fused-ring (bicyclic) bond motifs is 1. The molecular formula is C14H12N4OS. The van der Waals surface area contributed by atoms with Gasteiger partial charge in [0, 0.05) is 26.5 Å². The minimum Gasteiger partial charge on any atom is -0.343 e. The number of hydrogen-bond donors (Lipinski definition) is 0. The van der Waals surface area contributed by atoms with Crippen LogP contribution in [0.25, 0.3) is 20.9 Å². The molecule has 0 aliphatic rings. The lowest BCUT2D eigenvalue weighted by molar-refractivity contribution is 0.0822. The molecule has 0 atom stereocenters. The maximum Gasteiger partial charge on any atom is 0.274 e. The SMILES string of the molecule is CN(C)C(=O)c1nccnc1-c1nc2ccccc2s1. The first kappa shape index (κ1) is 12.7. The number of carbonyl (C=O) groups is 1. The molecule has 2 aromatic heterocycles. The highest BCUT2D eigenvalue weighted by atomic mass is 32.1. The summed E-state index contributed by atoms with van der Waals surface area (Å²) >= 11 is 1.51. The summed E-state index contributed by atoms with van der Waals surface area (Å²) in [5.74, 6) is -0.174. The van der Waals surface area contributed by atoms with E-state index in [-0.39, 0.29) is 5.91 Å². The zero-order valence-electron chi connectivity index (χ0n) is 11.1. The highest BCUT2D eigenvalue weighted by molar-refractivity contribution is 7.21. The Morgan fingerprint density at radius 3 is 2.65 bits per heavy atom. The highest BCUT2D eigenvalue weighted by Gasteiger charge is 2.19. The minimum absolute atomic E-state index is 0.174. The molecule has 1 amide bonds. The maximum absolute atomic E-state index is 12.2. The second-order valence-electron chi connectivity index (χ2n) is 4.44. The summed E-state index contributed by atoms with van der Waals surface area (Å²) in [7, 11) is 3.39. The first-order valence-corrected chi connectivity index (χ1v) is 6.87. The quantitative estimate of drug-likeness (QED) is 0.725. The zero-order chi connectivity index (χ0) is 14.1. The van der Waals surface area contributed by atoms with Crippen LogP contribution in [0.1, 0.15) is 10.5 Å². The summed E-state index contributed by atoms with van der Waals surface area (Å²) in [4.78, 5) is 26.6. The number of rotatable bonds is 2. The monoisotopic (exact) mass is 284 g/mol. The Morgan fingerprint density at radius 2 is 1.90 bits per heavy atom. The van der Waals surface area contributed by atoms with E-state index in [9.17, 15) is 4.79 Å². The Bertz CT molecular complexity index is 748. The molecule has 100 valence electrons. The van der Waals surface area contributed by atoms with Crippen LogP contribution in [0.4, 0.5) is 0 Å². The molecule has 3 rings (SSSR count). The van der Waals surface area contributed by atoms with Crippen LogP contribution in [0.2, 0.25) is 0 Å². The smallest absolute Gasteiger partial charge is 0.274 e. The van der Waals surface area contributed by atoms with Crippen LogP contribution in [0.15, 0.2) is 36.7 Å². The van der Waals surface area contributed by atoms with Crippen LogP contribution >= 0.6 is 11.3 Å². The first-order valence-electron chi connectivity index (χ1n) is 6.05. The third-order valence-corrected chi connectivity index (χ3v) is 3.85. The Kier molecular flexibility index (Phi) is 3.15. The maximum atomic E-state index is 12.2. The molecule has 0 radical (unpaired) electrons. The van der Waals surface area contributed by atoms with Gasteiger partial charge in [-0.2, -0.15) is 0 Å². The molecule has 0 saturated heterocycles. The lowest BCUT2D eigenvalue weighted by Crippen LogP contribution is -2.23. The van der Waals surface area contributed by atoms with E-state index in [0.717, 1.165) is 10.2 Å². The van der Waals surface area contributed by atoms with Crippen molar-refractivity contribution in [3.05, 3.63) is 42.4 Å². The molecule has 3 aromatic rings. The molecule has 6 heteroatoms. The van der Waals surface area contributed by atoms with Gasteiger partial charge in [-0.3, -0.25) is 4.79 Å². The van der Waals surface area contributed by atoms with Crippen molar-refractivity contribution >= 4 is 27.5 Å². The van der Waals surface area contributed by atoms with E-state index >= 15 is 0 Å². The molecule has 5 nitrogen and oxygen atoms in total. The molecule has 0 aliphatic heterocycles. The molecule has 0 saturated carbocycles. The molecule has 2 heterocycles. The van der Waals surface area contributed by atoms with Crippen molar-refractivity contribution in [3.8, 4) is 10.7 Å². The minimum atomic E-state index is -0.174. The van der Waals surface area contributed by atoms with Crippen molar-refractivity contribution in [2.24, 2.45) is 0 Å². The Labute approximate surface area is 119 Å². The van der Waals surface area contributed by atoms with E-state index < -0.39 is 0 Å². The lowest BCUT2D eigenvalue weighted by Gasteiger charge is -2.10. The van der Waals surface area contributed by atoms with E-state index in [0.29, 0.717) is 16.4 Å². The number of thiazole rings is 1. The number of amides is 1. The second kappa shape index (κ2) is 4.97. The van der Waals surface area contributed by atoms with E-state index in [2.05, 4.69) is 15.0 Å². The third-order valence-electron chi connectivity index (χ3n) is 2.80. The summed E-state index contributed by atoms with van der Waals surface area (Å²) in [6.07, 6.45) is 3.10. The summed E-state index contributed by atoms with van der Waals surface area (Å²) in [6.45, 7) is 0. The first-order chi connectivity index (χ1) is 9.66. The topological polar surface area (TPSA) is 59.0 Å².